The second kappa shape index (κ2) is 7.51. The molecule has 1 rings (SSSR count). The van der Waals surface area contributed by atoms with Gasteiger partial charge < -0.3 is 10.2 Å². The van der Waals surface area contributed by atoms with E-state index in [1.807, 2.05) is 32.8 Å². The van der Waals surface area contributed by atoms with Crippen LogP contribution < -0.4 is 5.32 Å². The molecule has 0 saturated carbocycles. The van der Waals surface area contributed by atoms with Crippen molar-refractivity contribution in [3.8, 4) is 0 Å². The average Bonchev–Trinajstić information content (AvgIpc) is 2.37. The highest BCUT2D eigenvalue weighted by atomic mass is 79.9. The maximum Gasteiger partial charge on any atom is 0.284 e. The van der Waals surface area contributed by atoms with E-state index in [1.54, 1.807) is 6.07 Å². The van der Waals surface area contributed by atoms with Gasteiger partial charge in [-0.05, 0) is 48.1 Å². The summed E-state index contributed by atoms with van der Waals surface area (Å²) < 4.78 is 0.359. The fourth-order valence-electron chi connectivity index (χ4n) is 1.86. The lowest BCUT2D eigenvalue weighted by Gasteiger charge is -2.25. The Morgan fingerprint density at radius 3 is 2.52 bits per heavy atom. The third kappa shape index (κ3) is 5.09. The maximum absolute atomic E-state index is 12.3. The van der Waals surface area contributed by atoms with Crippen LogP contribution in [-0.2, 0) is 0 Å². The maximum atomic E-state index is 12.3. The zero-order chi connectivity index (χ0) is 16.2. The molecule has 0 aliphatic rings. The van der Waals surface area contributed by atoms with Crippen LogP contribution in [0.5, 0.6) is 0 Å². The van der Waals surface area contributed by atoms with Gasteiger partial charge in [-0.1, -0.05) is 13.8 Å². The fourth-order valence-corrected chi connectivity index (χ4v) is 2.25. The highest BCUT2D eigenvalue weighted by molar-refractivity contribution is 9.10. The number of hydrogen-bond acceptors (Lipinski definition) is 4. The van der Waals surface area contributed by atoms with Crippen molar-refractivity contribution in [3.63, 3.8) is 0 Å². The SMILES string of the molecule is CC(C)C(CN(C)C)NC(=O)c1ccc(Br)c([N+](=O)[O-])c1. The number of hydrogen-bond donors (Lipinski definition) is 1. The van der Waals surface area contributed by atoms with E-state index >= 15 is 0 Å². The Balaban J connectivity index is 2.92. The molecule has 1 aromatic carbocycles. The second-order valence-corrected chi connectivity index (χ2v) is 6.36. The van der Waals surface area contributed by atoms with Crippen LogP contribution in [0.3, 0.4) is 0 Å². The van der Waals surface area contributed by atoms with Crippen LogP contribution in [0.25, 0.3) is 0 Å². The summed E-state index contributed by atoms with van der Waals surface area (Å²) in [6, 6.07) is 4.35. The highest BCUT2D eigenvalue weighted by Crippen LogP contribution is 2.25. The largest absolute Gasteiger partial charge is 0.348 e. The molecule has 1 aromatic rings. The number of halogens is 1. The molecule has 0 spiro atoms. The van der Waals surface area contributed by atoms with E-state index < -0.39 is 4.92 Å². The number of carbonyl (C=O) groups is 1. The Kier molecular flexibility index (Phi) is 6.29. The molecule has 0 radical (unpaired) electrons. The van der Waals surface area contributed by atoms with Gasteiger partial charge in [0.2, 0.25) is 0 Å². The van der Waals surface area contributed by atoms with Crippen molar-refractivity contribution in [2.75, 3.05) is 20.6 Å². The first-order valence-corrected chi connectivity index (χ1v) is 7.41. The molecule has 6 nitrogen and oxygen atoms in total. The molecule has 21 heavy (non-hydrogen) atoms. The first-order valence-electron chi connectivity index (χ1n) is 6.62. The summed E-state index contributed by atoms with van der Waals surface area (Å²) in [6.45, 7) is 4.76. The van der Waals surface area contributed by atoms with Gasteiger partial charge in [-0.15, -0.1) is 0 Å². The molecule has 1 N–H and O–H groups in total. The zero-order valence-corrected chi connectivity index (χ0v) is 14.2. The van der Waals surface area contributed by atoms with Gasteiger partial charge in [0.05, 0.1) is 9.40 Å². The number of likely N-dealkylation sites (N-methyl/N-ethyl adjacent to an activating group) is 1. The molecule has 7 heteroatoms. The molecule has 116 valence electrons. The molecule has 0 heterocycles. The number of rotatable bonds is 6. The van der Waals surface area contributed by atoms with Crippen LogP contribution in [-0.4, -0.2) is 42.4 Å². The number of nitro groups is 1. The molecule has 0 fully saturated rings. The molecule has 0 bridgehead atoms. The Morgan fingerprint density at radius 2 is 2.05 bits per heavy atom. The lowest BCUT2D eigenvalue weighted by atomic mass is 10.0. The summed E-state index contributed by atoms with van der Waals surface area (Å²) in [6.07, 6.45) is 0. The average molecular weight is 358 g/mol. The number of nitrogens with zero attached hydrogens (tertiary/aromatic N) is 2. The Bertz CT molecular complexity index is 532. The predicted molar refractivity (Wildman–Crippen MR) is 85.4 cm³/mol. The van der Waals surface area contributed by atoms with Crippen molar-refractivity contribution in [1.29, 1.82) is 0 Å². The molecule has 1 amide bonds. The summed E-state index contributed by atoms with van der Waals surface area (Å²) in [5, 5.41) is 13.8. The summed E-state index contributed by atoms with van der Waals surface area (Å²) in [5.74, 6) is -0.0343. The van der Waals surface area contributed by atoms with E-state index in [4.69, 9.17) is 0 Å². The number of carbonyl (C=O) groups excluding carboxylic acids is 1. The molecule has 1 atom stereocenters. The van der Waals surface area contributed by atoms with Gasteiger partial charge in [-0.3, -0.25) is 14.9 Å². The van der Waals surface area contributed by atoms with Crippen molar-refractivity contribution in [2.45, 2.75) is 19.9 Å². The lowest BCUT2D eigenvalue weighted by molar-refractivity contribution is -0.385. The smallest absolute Gasteiger partial charge is 0.284 e. The van der Waals surface area contributed by atoms with Crippen molar-refractivity contribution in [2.24, 2.45) is 5.92 Å². The topological polar surface area (TPSA) is 75.5 Å². The molecule has 1 unspecified atom stereocenters. The first kappa shape index (κ1) is 17.6. The van der Waals surface area contributed by atoms with Gasteiger partial charge >= 0.3 is 0 Å². The van der Waals surface area contributed by atoms with Crippen LogP contribution in [0, 0.1) is 16.0 Å². The number of amides is 1. The molecule has 0 saturated heterocycles. The first-order chi connectivity index (χ1) is 9.72. The van der Waals surface area contributed by atoms with Crippen LogP contribution in [0.1, 0.15) is 24.2 Å². The lowest BCUT2D eigenvalue weighted by Crippen LogP contribution is -2.45. The van der Waals surface area contributed by atoms with Crippen LogP contribution in [0.15, 0.2) is 22.7 Å². The van der Waals surface area contributed by atoms with Crippen molar-refractivity contribution in [3.05, 3.63) is 38.3 Å². The number of benzene rings is 1. The molecular formula is C14H20BrN3O3. The van der Waals surface area contributed by atoms with Crippen LogP contribution >= 0.6 is 15.9 Å². The van der Waals surface area contributed by atoms with E-state index in [2.05, 4.69) is 21.2 Å². The fraction of sp³-hybridized carbons (Fsp3) is 0.500. The molecule has 0 aliphatic carbocycles. The third-order valence-corrected chi connectivity index (χ3v) is 3.76. The van der Waals surface area contributed by atoms with Gasteiger partial charge in [0.15, 0.2) is 0 Å². The zero-order valence-electron chi connectivity index (χ0n) is 12.6. The normalized spacial score (nSPS) is 12.5. The van der Waals surface area contributed by atoms with Gasteiger partial charge in [0.25, 0.3) is 11.6 Å². The number of nitro benzene ring substituents is 1. The van der Waals surface area contributed by atoms with Crippen molar-refractivity contribution < 1.29 is 9.72 Å². The van der Waals surface area contributed by atoms with Gasteiger partial charge in [0.1, 0.15) is 0 Å². The highest BCUT2D eigenvalue weighted by Gasteiger charge is 2.20. The van der Waals surface area contributed by atoms with Gasteiger partial charge in [-0.2, -0.15) is 0 Å². The van der Waals surface area contributed by atoms with E-state index in [9.17, 15) is 14.9 Å². The van der Waals surface area contributed by atoms with E-state index in [-0.39, 0.29) is 29.1 Å². The van der Waals surface area contributed by atoms with Crippen LogP contribution in [0.2, 0.25) is 0 Å². The third-order valence-electron chi connectivity index (χ3n) is 3.09. The minimum absolute atomic E-state index is 0.0183. The van der Waals surface area contributed by atoms with E-state index in [0.29, 0.717) is 11.0 Å². The van der Waals surface area contributed by atoms with Gasteiger partial charge in [-0.25, -0.2) is 0 Å². The van der Waals surface area contributed by atoms with Gasteiger partial charge in [0, 0.05) is 24.2 Å². The standard InChI is InChI=1S/C14H20BrN3O3/c1-9(2)12(8-17(3)4)16-14(19)10-5-6-11(15)13(7-10)18(20)21/h5-7,9,12H,8H2,1-4H3,(H,16,19). The van der Waals surface area contributed by atoms with Crippen molar-refractivity contribution >= 4 is 27.5 Å². The Morgan fingerprint density at radius 1 is 1.43 bits per heavy atom. The predicted octanol–water partition coefficient (Wildman–Crippen LogP) is 2.67. The van der Waals surface area contributed by atoms with E-state index in [0.717, 1.165) is 0 Å². The quantitative estimate of drug-likeness (QED) is 0.627. The summed E-state index contributed by atoms with van der Waals surface area (Å²) >= 11 is 3.11. The van der Waals surface area contributed by atoms with Crippen LogP contribution in [0.4, 0.5) is 5.69 Å². The Labute approximate surface area is 132 Å². The molecule has 0 aromatic heterocycles. The summed E-state index contributed by atoms with van der Waals surface area (Å²) in [4.78, 5) is 24.7. The Hall–Kier alpha value is -1.47. The second-order valence-electron chi connectivity index (χ2n) is 5.51. The van der Waals surface area contributed by atoms with E-state index in [1.165, 1.54) is 12.1 Å². The summed E-state index contributed by atoms with van der Waals surface area (Å²) in [7, 11) is 3.87. The molecular weight excluding hydrogens is 338 g/mol. The minimum Gasteiger partial charge on any atom is -0.348 e. The number of nitrogens with one attached hydrogen (secondary N) is 1. The summed E-state index contributed by atoms with van der Waals surface area (Å²) in [5.41, 5.74) is 0.172. The monoisotopic (exact) mass is 357 g/mol. The molecule has 0 aliphatic heterocycles. The van der Waals surface area contributed by atoms with Crippen molar-refractivity contribution in [1.82, 2.24) is 10.2 Å². The minimum atomic E-state index is -0.513.